The molecule has 0 unspecified atom stereocenters. The van der Waals surface area contributed by atoms with Crippen molar-refractivity contribution in [2.45, 2.75) is 12.5 Å². The number of hydrogen-bond donors (Lipinski definition) is 4. The van der Waals surface area contributed by atoms with Gasteiger partial charge in [0.15, 0.2) is 23.9 Å². The van der Waals surface area contributed by atoms with E-state index in [4.69, 9.17) is 22.1 Å². The van der Waals surface area contributed by atoms with Gasteiger partial charge in [-0.2, -0.15) is 0 Å². The van der Waals surface area contributed by atoms with Crippen molar-refractivity contribution in [2.75, 3.05) is 24.4 Å². The second kappa shape index (κ2) is 11.7. The summed E-state index contributed by atoms with van der Waals surface area (Å²) in [6, 6.07) is 13.3. The van der Waals surface area contributed by atoms with E-state index in [1.54, 1.807) is 30.3 Å². The van der Waals surface area contributed by atoms with Gasteiger partial charge in [0, 0.05) is 17.1 Å². The van der Waals surface area contributed by atoms with Crippen LogP contribution in [0.4, 0.5) is 21.6 Å². The van der Waals surface area contributed by atoms with Crippen LogP contribution in [0.1, 0.15) is 5.56 Å². The number of fused-ring (bicyclic) bond motifs is 1. The number of methoxy groups -OCH3 is 1. The predicted molar refractivity (Wildman–Crippen MR) is 140 cm³/mol. The van der Waals surface area contributed by atoms with Crippen molar-refractivity contribution in [1.82, 2.24) is 9.97 Å². The van der Waals surface area contributed by atoms with Crippen LogP contribution in [0.3, 0.4) is 0 Å². The third kappa shape index (κ3) is 6.25. The predicted octanol–water partition coefficient (Wildman–Crippen LogP) is 3.93. The van der Waals surface area contributed by atoms with E-state index in [-0.39, 0.29) is 34.4 Å². The highest BCUT2D eigenvalue weighted by molar-refractivity contribution is 6.31. The fourth-order valence-electron chi connectivity index (χ4n) is 3.57. The average molecular weight is 540 g/mol. The number of ether oxygens (including phenoxy) is 2. The Balaban J connectivity index is 1.43. The third-order valence-corrected chi connectivity index (χ3v) is 5.77. The summed E-state index contributed by atoms with van der Waals surface area (Å²) in [6.45, 7) is -0.409. The highest BCUT2D eigenvalue weighted by Crippen LogP contribution is 2.34. The van der Waals surface area contributed by atoms with E-state index in [2.05, 4.69) is 25.3 Å². The lowest BCUT2D eigenvalue weighted by Gasteiger charge is -2.13. The van der Waals surface area contributed by atoms with Gasteiger partial charge in [0.2, 0.25) is 0 Å². The van der Waals surface area contributed by atoms with Gasteiger partial charge < -0.3 is 30.9 Å². The molecule has 0 aliphatic carbocycles. The maximum atomic E-state index is 14.4. The van der Waals surface area contributed by atoms with Gasteiger partial charge in [0.25, 0.3) is 5.91 Å². The SMILES string of the molecule is COC(=O)[C@@H](N)Cc1ccc(NC(=O)COc2cc3c(Nc4cccc(Cl)c4F)ncnc3cc2O)cc1. The number of benzene rings is 3. The number of aromatic nitrogens is 2. The molecule has 1 heterocycles. The van der Waals surface area contributed by atoms with Gasteiger partial charge in [-0.15, -0.1) is 0 Å². The minimum Gasteiger partial charge on any atom is -0.504 e. The number of rotatable bonds is 9. The lowest BCUT2D eigenvalue weighted by atomic mass is 10.1. The number of phenols is 1. The zero-order valence-electron chi connectivity index (χ0n) is 20.1. The van der Waals surface area contributed by atoms with E-state index >= 15 is 0 Å². The van der Waals surface area contributed by atoms with Gasteiger partial charge in [-0.3, -0.25) is 9.59 Å². The molecular weight excluding hydrogens is 517 g/mol. The van der Waals surface area contributed by atoms with Crippen LogP contribution in [-0.2, 0) is 20.7 Å². The number of phenolic OH excluding ortho intramolecular Hbond substituents is 1. The van der Waals surface area contributed by atoms with Crippen LogP contribution in [0.15, 0.2) is 60.9 Å². The molecule has 0 saturated heterocycles. The average Bonchev–Trinajstić information content (AvgIpc) is 2.91. The minimum atomic E-state index is -0.783. The molecule has 12 heteroatoms. The molecule has 10 nitrogen and oxygen atoms in total. The van der Waals surface area contributed by atoms with Gasteiger partial charge in [-0.1, -0.05) is 29.8 Å². The van der Waals surface area contributed by atoms with Gasteiger partial charge in [-0.05, 0) is 42.3 Å². The standard InChI is InChI=1S/C26H23ClFN5O5/c1-37-26(36)18(29)9-14-5-7-15(8-6-14)32-23(35)12-38-22-10-16-20(11-21(22)34)30-13-31-25(16)33-19-4-2-3-17(27)24(19)28/h2-8,10-11,13,18,34H,9,12,29H2,1H3,(H,32,35)(H,30,31,33)/t18-/m0/s1. The molecule has 0 spiro atoms. The van der Waals surface area contributed by atoms with E-state index in [9.17, 15) is 19.1 Å². The summed E-state index contributed by atoms with van der Waals surface area (Å²) in [5.74, 6) is -1.63. The number of amides is 1. The molecule has 0 aliphatic rings. The van der Waals surface area contributed by atoms with Gasteiger partial charge in [0.05, 0.1) is 23.3 Å². The van der Waals surface area contributed by atoms with Gasteiger partial charge in [-0.25, -0.2) is 14.4 Å². The molecule has 0 bridgehead atoms. The van der Waals surface area contributed by atoms with E-state index in [1.165, 1.54) is 37.7 Å². The first-order valence-corrected chi connectivity index (χ1v) is 11.7. The lowest BCUT2D eigenvalue weighted by molar-refractivity contribution is -0.142. The Morgan fingerprint density at radius 1 is 1.16 bits per heavy atom. The van der Waals surface area contributed by atoms with Crippen LogP contribution >= 0.6 is 11.6 Å². The molecule has 3 aromatic carbocycles. The Labute approximate surface area is 221 Å². The molecule has 38 heavy (non-hydrogen) atoms. The van der Waals surface area contributed by atoms with E-state index in [0.717, 1.165) is 5.56 Å². The number of aromatic hydroxyl groups is 1. The van der Waals surface area contributed by atoms with Crippen LogP contribution in [0.5, 0.6) is 11.5 Å². The van der Waals surface area contributed by atoms with Gasteiger partial charge >= 0.3 is 5.97 Å². The monoisotopic (exact) mass is 539 g/mol. The molecular formula is C26H23ClFN5O5. The number of carbonyl (C=O) groups excluding carboxylic acids is 2. The van der Waals surface area contributed by atoms with Crippen LogP contribution in [0.2, 0.25) is 5.02 Å². The summed E-state index contributed by atoms with van der Waals surface area (Å²) < 4.78 is 24.5. The quantitative estimate of drug-likeness (QED) is 0.232. The Bertz CT molecular complexity index is 1490. The number of hydrogen-bond acceptors (Lipinski definition) is 9. The molecule has 1 aromatic heterocycles. The normalized spacial score (nSPS) is 11.6. The van der Waals surface area contributed by atoms with Crippen molar-refractivity contribution in [1.29, 1.82) is 0 Å². The Kier molecular flexibility index (Phi) is 8.19. The highest BCUT2D eigenvalue weighted by atomic mass is 35.5. The highest BCUT2D eigenvalue weighted by Gasteiger charge is 2.16. The fourth-order valence-corrected chi connectivity index (χ4v) is 3.74. The first-order chi connectivity index (χ1) is 18.2. The largest absolute Gasteiger partial charge is 0.504 e. The van der Waals surface area contributed by atoms with Crippen LogP contribution in [0.25, 0.3) is 10.9 Å². The Morgan fingerprint density at radius 3 is 2.66 bits per heavy atom. The van der Waals surface area contributed by atoms with Crippen molar-refractivity contribution in [2.24, 2.45) is 5.73 Å². The lowest BCUT2D eigenvalue weighted by Crippen LogP contribution is -2.33. The second-order valence-electron chi connectivity index (χ2n) is 8.15. The molecule has 1 amide bonds. The molecule has 196 valence electrons. The maximum Gasteiger partial charge on any atom is 0.322 e. The number of anilines is 3. The summed E-state index contributed by atoms with van der Waals surface area (Å²) in [5.41, 5.74) is 7.53. The molecule has 0 saturated carbocycles. The summed E-state index contributed by atoms with van der Waals surface area (Å²) in [7, 11) is 1.27. The molecule has 4 rings (SSSR count). The van der Waals surface area contributed by atoms with Crippen molar-refractivity contribution in [3.8, 4) is 11.5 Å². The van der Waals surface area contributed by atoms with E-state index in [1.807, 2.05) is 0 Å². The van der Waals surface area contributed by atoms with E-state index in [0.29, 0.717) is 16.6 Å². The summed E-state index contributed by atoms with van der Waals surface area (Å²) in [4.78, 5) is 32.2. The third-order valence-electron chi connectivity index (χ3n) is 5.48. The topological polar surface area (TPSA) is 149 Å². The molecule has 0 radical (unpaired) electrons. The first-order valence-electron chi connectivity index (χ1n) is 11.3. The maximum absolute atomic E-state index is 14.4. The summed E-state index contributed by atoms with van der Waals surface area (Å²) >= 11 is 5.86. The van der Waals surface area contributed by atoms with E-state index < -0.39 is 30.3 Å². The molecule has 5 N–H and O–H groups in total. The molecule has 1 atom stereocenters. The van der Waals surface area contributed by atoms with Crippen molar-refractivity contribution < 1.29 is 28.6 Å². The molecule has 0 fully saturated rings. The number of nitrogens with zero attached hydrogens (tertiary/aromatic N) is 2. The Hall–Kier alpha value is -4.48. The van der Waals surface area contributed by atoms with Crippen LogP contribution < -0.4 is 21.1 Å². The first kappa shape index (κ1) is 26.6. The molecule has 4 aromatic rings. The van der Waals surface area contributed by atoms with Crippen LogP contribution in [-0.4, -0.2) is 46.7 Å². The molecule has 0 aliphatic heterocycles. The van der Waals surface area contributed by atoms with Crippen molar-refractivity contribution in [3.63, 3.8) is 0 Å². The minimum absolute atomic E-state index is 0.00390. The van der Waals surface area contributed by atoms with Crippen LogP contribution in [0, 0.1) is 5.82 Å². The number of carbonyl (C=O) groups is 2. The smallest absolute Gasteiger partial charge is 0.322 e. The number of esters is 1. The summed E-state index contributed by atoms with van der Waals surface area (Å²) in [6.07, 6.45) is 1.55. The van der Waals surface area contributed by atoms with Crippen molar-refractivity contribution >= 4 is 51.6 Å². The zero-order valence-corrected chi connectivity index (χ0v) is 20.8. The second-order valence-corrected chi connectivity index (χ2v) is 8.56. The van der Waals surface area contributed by atoms with Crippen molar-refractivity contribution in [3.05, 3.63) is 77.3 Å². The fraction of sp³-hybridized carbons (Fsp3) is 0.154. The number of nitrogens with two attached hydrogens (primary N) is 1. The number of halogens is 2. The summed E-state index contributed by atoms with van der Waals surface area (Å²) in [5, 5.41) is 16.3. The van der Waals surface area contributed by atoms with Gasteiger partial charge in [0.1, 0.15) is 18.2 Å². The Morgan fingerprint density at radius 2 is 1.92 bits per heavy atom. The zero-order chi connectivity index (χ0) is 27.2. The number of nitrogens with one attached hydrogen (secondary N) is 2.